The number of hydrogen-bond donors (Lipinski definition) is 1. The molecule has 8 heteroatoms. The predicted octanol–water partition coefficient (Wildman–Crippen LogP) is 2.73. The number of aromatic amines is 1. The Morgan fingerprint density at radius 2 is 2.05 bits per heavy atom. The normalized spacial score (nSPS) is 22.9. The molecule has 1 amide bonds. The van der Waals surface area contributed by atoms with Gasteiger partial charge in [0.1, 0.15) is 5.82 Å². The van der Waals surface area contributed by atoms with Crippen molar-refractivity contribution in [1.29, 1.82) is 0 Å². The van der Waals surface area contributed by atoms with Crippen molar-refractivity contribution >= 4 is 5.91 Å². The van der Waals surface area contributed by atoms with Crippen LogP contribution in [0, 0.1) is 0 Å². The molecule has 5 nitrogen and oxygen atoms in total. The summed E-state index contributed by atoms with van der Waals surface area (Å²) in [5.74, 6) is 1.66. The van der Waals surface area contributed by atoms with Gasteiger partial charge in [-0.3, -0.25) is 9.89 Å². The molecule has 2 aliphatic rings. The quantitative estimate of drug-likeness (QED) is 0.929. The van der Waals surface area contributed by atoms with Crippen LogP contribution in [0.2, 0.25) is 0 Å². The van der Waals surface area contributed by atoms with Crippen molar-refractivity contribution in [2.24, 2.45) is 0 Å². The fourth-order valence-electron chi connectivity index (χ4n) is 2.83. The first-order valence-corrected chi connectivity index (χ1v) is 7.69. The van der Waals surface area contributed by atoms with Crippen LogP contribution < -0.4 is 0 Å². The number of nitrogens with zero attached hydrogens (tertiary/aromatic N) is 3. The summed E-state index contributed by atoms with van der Waals surface area (Å²) < 4.78 is 36.6. The maximum Gasteiger partial charge on any atom is 0.389 e. The van der Waals surface area contributed by atoms with Crippen LogP contribution in [-0.2, 0) is 4.79 Å². The number of amides is 1. The van der Waals surface area contributed by atoms with E-state index in [0.717, 1.165) is 31.5 Å². The second kappa shape index (κ2) is 5.89. The SMILES string of the molecule is O=C(CCC(F)(F)F)N1CCCC(c2n[nH]c(C3CC3)n2)C1. The zero-order chi connectivity index (χ0) is 15.7. The highest BCUT2D eigenvalue weighted by atomic mass is 19.4. The Morgan fingerprint density at radius 1 is 1.27 bits per heavy atom. The maximum atomic E-state index is 12.2. The number of rotatable bonds is 4. The largest absolute Gasteiger partial charge is 0.389 e. The molecule has 0 spiro atoms. The summed E-state index contributed by atoms with van der Waals surface area (Å²) in [5, 5.41) is 7.17. The molecular formula is C14H19F3N4O. The number of H-pyrrole nitrogens is 1. The van der Waals surface area contributed by atoms with Crippen molar-refractivity contribution in [3.63, 3.8) is 0 Å². The molecule has 1 aromatic rings. The van der Waals surface area contributed by atoms with Gasteiger partial charge in [-0.1, -0.05) is 0 Å². The molecule has 1 N–H and O–H groups in total. The summed E-state index contributed by atoms with van der Waals surface area (Å²) in [6, 6.07) is 0. The number of piperidine rings is 1. The van der Waals surface area contributed by atoms with Gasteiger partial charge in [0.05, 0.1) is 6.42 Å². The molecular weight excluding hydrogens is 297 g/mol. The molecule has 1 aliphatic heterocycles. The van der Waals surface area contributed by atoms with Crippen LogP contribution >= 0.6 is 0 Å². The third-order valence-corrected chi connectivity index (χ3v) is 4.25. The van der Waals surface area contributed by atoms with Crippen molar-refractivity contribution in [2.45, 2.75) is 56.5 Å². The number of alkyl halides is 3. The van der Waals surface area contributed by atoms with Gasteiger partial charge in [0.2, 0.25) is 5.91 Å². The fraction of sp³-hybridized carbons (Fsp3) is 0.786. The predicted molar refractivity (Wildman–Crippen MR) is 72.2 cm³/mol. The van der Waals surface area contributed by atoms with Crippen molar-refractivity contribution < 1.29 is 18.0 Å². The zero-order valence-corrected chi connectivity index (χ0v) is 12.2. The minimum Gasteiger partial charge on any atom is -0.342 e. The summed E-state index contributed by atoms with van der Waals surface area (Å²) >= 11 is 0. The van der Waals surface area contributed by atoms with Crippen molar-refractivity contribution in [3.05, 3.63) is 11.6 Å². The molecule has 1 aliphatic carbocycles. The molecule has 1 saturated carbocycles. The smallest absolute Gasteiger partial charge is 0.342 e. The summed E-state index contributed by atoms with van der Waals surface area (Å²) in [6.45, 7) is 0.936. The fourth-order valence-corrected chi connectivity index (χ4v) is 2.83. The molecule has 3 rings (SSSR count). The highest BCUT2D eigenvalue weighted by Crippen LogP contribution is 2.38. The number of halogens is 3. The van der Waals surface area contributed by atoms with E-state index in [0.29, 0.717) is 24.8 Å². The molecule has 2 heterocycles. The average molecular weight is 316 g/mol. The van der Waals surface area contributed by atoms with E-state index >= 15 is 0 Å². The lowest BCUT2D eigenvalue weighted by molar-refractivity contribution is -0.149. The first kappa shape index (κ1) is 15.3. The Morgan fingerprint density at radius 3 is 2.73 bits per heavy atom. The van der Waals surface area contributed by atoms with Crippen molar-refractivity contribution in [3.8, 4) is 0 Å². The molecule has 122 valence electrons. The minimum atomic E-state index is -4.28. The molecule has 1 aromatic heterocycles. The first-order valence-electron chi connectivity index (χ1n) is 7.69. The van der Waals surface area contributed by atoms with Gasteiger partial charge in [-0.05, 0) is 25.7 Å². The second-order valence-electron chi connectivity index (χ2n) is 6.15. The molecule has 1 atom stereocenters. The average Bonchev–Trinajstić information content (AvgIpc) is 3.21. The van der Waals surface area contributed by atoms with E-state index in [1.165, 1.54) is 4.90 Å². The van der Waals surface area contributed by atoms with Crippen LogP contribution in [0.3, 0.4) is 0 Å². The van der Waals surface area contributed by atoms with E-state index in [1.807, 2.05) is 0 Å². The molecule has 2 fully saturated rings. The Kier molecular flexibility index (Phi) is 4.10. The third-order valence-electron chi connectivity index (χ3n) is 4.25. The molecule has 22 heavy (non-hydrogen) atoms. The molecule has 1 unspecified atom stereocenters. The molecule has 0 aromatic carbocycles. The number of carbonyl (C=O) groups is 1. The van der Waals surface area contributed by atoms with Gasteiger partial charge in [-0.2, -0.15) is 18.3 Å². The Bertz CT molecular complexity index is 538. The van der Waals surface area contributed by atoms with Crippen molar-refractivity contribution in [1.82, 2.24) is 20.1 Å². The Balaban J connectivity index is 1.57. The number of aromatic nitrogens is 3. The van der Waals surface area contributed by atoms with Crippen LogP contribution in [-0.4, -0.2) is 45.3 Å². The molecule has 0 radical (unpaired) electrons. The summed E-state index contributed by atoms with van der Waals surface area (Å²) in [5.41, 5.74) is 0. The van der Waals surface area contributed by atoms with Crippen LogP contribution in [0.1, 0.15) is 62.0 Å². The Hall–Kier alpha value is -1.60. The van der Waals surface area contributed by atoms with Crippen molar-refractivity contribution in [2.75, 3.05) is 13.1 Å². The second-order valence-corrected chi connectivity index (χ2v) is 6.15. The monoisotopic (exact) mass is 316 g/mol. The third kappa shape index (κ3) is 3.78. The number of hydrogen-bond acceptors (Lipinski definition) is 3. The number of likely N-dealkylation sites (tertiary alicyclic amines) is 1. The highest BCUT2D eigenvalue weighted by molar-refractivity contribution is 5.76. The van der Waals surface area contributed by atoms with Crippen LogP contribution in [0.5, 0.6) is 0 Å². The van der Waals surface area contributed by atoms with Gasteiger partial charge in [-0.25, -0.2) is 4.98 Å². The lowest BCUT2D eigenvalue weighted by Crippen LogP contribution is -2.39. The van der Waals surface area contributed by atoms with Crippen LogP contribution in [0.15, 0.2) is 0 Å². The number of nitrogens with one attached hydrogen (secondary N) is 1. The zero-order valence-electron chi connectivity index (χ0n) is 12.2. The highest BCUT2D eigenvalue weighted by Gasteiger charge is 2.33. The maximum absolute atomic E-state index is 12.2. The van der Waals surface area contributed by atoms with Gasteiger partial charge < -0.3 is 4.90 Å². The lowest BCUT2D eigenvalue weighted by Gasteiger charge is -2.31. The molecule has 0 bridgehead atoms. The van der Waals surface area contributed by atoms with Gasteiger partial charge >= 0.3 is 6.18 Å². The topological polar surface area (TPSA) is 61.9 Å². The standard InChI is InChI=1S/C14H19F3N4O/c15-14(16,17)6-5-11(22)21-7-1-2-10(8-21)13-18-12(19-20-13)9-3-4-9/h9-10H,1-8H2,(H,18,19,20). The Labute approximate surface area is 126 Å². The van der Waals surface area contributed by atoms with E-state index in [2.05, 4.69) is 15.2 Å². The van der Waals surface area contributed by atoms with Gasteiger partial charge in [-0.15, -0.1) is 0 Å². The summed E-state index contributed by atoms with van der Waals surface area (Å²) in [4.78, 5) is 17.9. The lowest BCUT2D eigenvalue weighted by atomic mass is 9.97. The molecule has 1 saturated heterocycles. The minimum absolute atomic E-state index is 0.0207. The van der Waals surface area contributed by atoms with E-state index in [9.17, 15) is 18.0 Å². The van der Waals surface area contributed by atoms with E-state index in [-0.39, 0.29) is 5.92 Å². The van der Waals surface area contributed by atoms with E-state index in [4.69, 9.17) is 0 Å². The first-order chi connectivity index (χ1) is 10.4. The van der Waals surface area contributed by atoms with Gasteiger partial charge in [0.25, 0.3) is 0 Å². The van der Waals surface area contributed by atoms with E-state index < -0.39 is 24.9 Å². The van der Waals surface area contributed by atoms with Gasteiger partial charge in [0, 0.05) is 31.3 Å². The summed E-state index contributed by atoms with van der Waals surface area (Å²) in [6.07, 6.45) is -1.92. The number of carbonyl (C=O) groups excluding carboxylic acids is 1. The van der Waals surface area contributed by atoms with E-state index in [1.54, 1.807) is 0 Å². The van der Waals surface area contributed by atoms with Gasteiger partial charge in [0.15, 0.2) is 5.82 Å². The van der Waals surface area contributed by atoms with Crippen LogP contribution in [0.4, 0.5) is 13.2 Å². The summed E-state index contributed by atoms with van der Waals surface area (Å²) in [7, 11) is 0. The van der Waals surface area contributed by atoms with Crippen LogP contribution in [0.25, 0.3) is 0 Å².